The molecule has 0 unspecified atom stereocenters. The van der Waals surface area contributed by atoms with Crippen molar-refractivity contribution in [2.24, 2.45) is 5.92 Å². The molecule has 2 rings (SSSR count). The Balaban J connectivity index is 0.00000220. The molecule has 3 nitrogen and oxygen atoms in total. The zero-order valence-corrected chi connectivity index (χ0v) is 15.8. The number of phenolic OH excluding ortho intramolecular Hbond substituents is 1. The number of rotatable bonds is 4. The summed E-state index contributed by atoms with van der Waals surface area (Å²) in [6.07, 6.45) is 1.04. The van der Waals surface area contributed by atoms with Crippen LogP contribution in [0.15, 0.2) is 12.1 Å². The SMILES string of the molecule is Cc1cc(Cl)cc([C@H](CC(C)C)N2CCNCC2)c1O.Cl.Cl. The highest BCUT2D eigenvalue weighted by molar-refractivity contribution is 6.30. The Morgan fingerprint density at radius 2 is 1.82 bits per heavy atom. The fourth-order valence-corrected chi connectivity index (χ4v) is 3.21. The van der Waals surface area contributed by atoms with Gasteiger partial charge in [0.05, 0.1) is 0 Å². The number of nitrogens with zero attached hydrogens (tertiary/aromatic N) is 1. The van der Waals surface area contributed by atoms with Crippen molar-refractivity contribution < 1.29 is 5.11 Å². The van der Waals surface area contributed by atoms with E-state index >= 15 is 0 Å². The van der Waals surface area contributed by atoms with Crippen LogP contribution in [-0.4, -0.2) is 36.2 Å². The van der Waals surface area contributed by atoms with Gasteiger partial charge in [0.25, 0.3) is 0 Å². The Morgan fingerprint density at radius 1 is 1.23 bits per heavy atom. The Morgan fingerprint density at radius 3 is 2.36 bits per heavy atom. The average Bonchev–Trinajstić information content (AvgIpc) is 2.41. The molecular weight excluding hydrogens is 343 g/mol. The minimum atomic E-state index is 0. The molecule has 1 atom stereocenters. The highest BCUT2D eigenvalue weighted by Crippen LogP contribution is 2.37. The number of piperazine rings is 1. The van der Waals surface area contributed by atoms with Gasteiger partial charge in [0.1, 0.15) is 5.75 Å². The third kappa shape index (κ3) is 5.47. The number of benzene rings is 1. The Bertz CT molecular complexity index is 463. The van der Waals surface area contributed by atoms with Gasteiger partial charge in [-0.1, -0.05) is 25.4 Å². The maximum absolute atomic E-state index is 10.4. The highest BCUT2D eigenvalue weighted by atomic mass is 35.5. The number of nitrogens with one attached hydrogen (secondary N) is 1. The van der Waals surface area contributed by atoms with Crippen LogP contribution in [0.4, 0.5) is 0 Å². The van der Waals surface area contributed by atoms with Crippen molar-refractivity contribution in [2.45, 2.75) is 33.2 Å². The van der Waals surface area contributed by atoms with Gasteiger partial charge < -0.3 is 10.4 Å². The molecule has 1 aliphatic rings. The van der Waals surface area contributed by atoms with Crippen LogP contribution in [0.25, 0.3) is 0 Å². The third-order valence-electron chi connectivity index (χ3n) is 3.94. The van der Waals surface area contributed by atoms with Crippen LogP contribution in [0.3, 0.4) is 0 Å². The zero-order valence-electron chi connectivity index (χ0n) is 13.4. The van der Waals surface area contributed by atoms with Crippen molar-refractivity contribution in [1.29, 1.82) is 0 Å². The number of hydrogen-bond acceptors (Lipinski definition) is 3. The van der Waals surface area contributed by atoms with Crippen molar-refractivity contribution >= 4 is 36.4 Å². The number of hydrogen-bond donors (Lipinski definition) is 2. The highest BCUT2D eigenvalue weighted by Gasteiger charge is 2.26. The summed E-state index contributed by atoms with van der Waals surface area (Å²) in [5, 5.41) is 14.5. The summed E-state index contributed by atoms with van der Waals surface area (Å²) in [4.78, 5) is 2.46. The van der Waals surface area contributed by atoms with Crippen molar-refractivity contribution in [1.82, 2.24) is 10.2 Å². The first-order valence-electron chi connectivity index (χ1n) is 7.42. The molecule has 0 spiro atoms. The maximum atomic E-state index is 10.4. The van der Waals surface area contributed by atoms with Crippen LogP contribution in [0.1, 0.15) is 37.4 Å². The number of phenols is 1. The largest absolute Gasteiger partial charge is 0.507 e. The summed E-state index contributed by atoms with van der Waals surface area (Å²) in [5.74, 6) is 0.979. The predicted octanol–water partition coefficient (Wildman–Crippen LogP) is 4.19. The molecule has 1 aliphatic heterocycles. The zero-order chi connectivity index (χ0) is 14.7. The molecule has 0 bridgehead atoms. The van der Waals surface area contributed by atoms with Crippen LogP contribution in [0.5, 0.6) is 5.75 Å². The predicted molar refractivity (Wildman–Crippen MR) is 99.0 cm³/mol. The molecular formula is C16H27Cl3N2O. The second-order valence-electron chi connectivity index (χ2n) is 6.09. The topological polar surface area (TPSA) is 35.5 Å². The quantitative estimate of drug-likeness (QED) is 0.835. The fourth-order valence-electron chi connectivity index (χ4n) is 2.93. The van der Waals surface area contributed by atoms with Gasteiger partial charge in [-0.25, -0.2) is 0 Å². The molecule has 0 amide bonds. The van der Waals surface area contributed by atoms with E-state index in [0.29, 0.717) is 16.7 Å². The van der Waals surface area contributed by atoms with Crippen molar-refractivity contribution in [3.05, 3.63) is 28.3 Å². The van der Waals surface area contributed by atoms with Gasteiger partial charge in [0.15, 0.2) is 0 Å². The monoisotopic (exact) mass is 368 g/mol. The van der Waals surface area contributed by atoms with Gasteiger partial charge in [-0.2, -0.15) is 0 Å². The molecule has 6 heteroatoms. The first kappa shape index (κ1) is 21.8. The molecule has 128 valence electrons. The van der Waals surface area contributed by atoms with Crippen LogP contribution >= 0.6 is 36.4 Å². The third-order valence-corrected chi connectivity index (χ3v) is 4.16. The molecule has 1 saturated heterocycles. The molecule has 0 saturated carbocycles. The van der Waals surface area contributed by atoms with Crippen LogP contribution < -0.4 is 5.32 Å². The first-order chi connectivity index (χ1) is 9.49. The molecule has 0 aromatic heterocycles. The first-order valence-corrected chi connectivity index (χ1v) is 7.80. The van der Waals surface area contributed by atoms with E-state index in [1.807, 2.05) is 19.1 Å². The fraction of sp³-hybridized carbons (Fsp3) is 0.625. The smallest absolute Gasteiger partial charge is 0.123 e. The van der Waals surface area contributed by atoms with Crippen molar-refractivity contribution in [2.75, 3.05) is 26.2 Å². The molecule has 1 heterocycles. The lowest BCUT2D eigenvalue weighted by Crippen LogP contribution is -2.45. The van der Waals surface area contributed by atoms with E-state index in [9.17, 15) is 5.11 Å². The van der Waals surface area contributed by atoms with E-state index in [1.54, 1.807) is 0 Å². The lowest BCUT2D eigenvalue weighted by Gasteiger charge is -2.36. The maximum Gasteiger partial charge on any atom is 0.123 e. The average molecular weight is 370 g/mol. The minimum Gasteiger partial charge on any atom is -0.507 e. The second-order valence-corrected chi connectivity index (χ2v) is 6.53. The van der Waals surface area contributed by atoms with Crippen molar-refractivity contribution in [3.8, 4) is 5.75 Å². The standard InChI is InChI=1S/C16H25ClN2O.2ClH/c1-11(2)8-15(19-6-4-18-5-7-19)14-10-13(17)9-12(3)16(14)20;;/h9-11,15,18,20H,4-8H2,1-3H3;2*1H/t15-;;/m0../s1. The van der Waals surface area contributed by atoms with E-state index < -0.39 is 0 Å². The molecule has 0 aliphatic carbocycles. The van der Waals surface area contributed by atoms with Gasteiger partial charge in [-0.15, -0.1) is 24.8 Å². The van der Waals surface area contributed by atoms with Gasteiger partial charge in [0, 0.05) is 42.8 Å². The molecule has 2 N–H and O–H groups in total. The van der Waals surface area contributed by atoms with E-state index in [0.717, 1.165) is 43.7 Å². The van der Waals surface area contributed by atoms with Gasteiger partial charge >= 0.3 is 0 Å². The second kappa shape index (κ2) is 9.84. The lowest BCUT2D eigenvalue weighted by atomic mass is 9.93. The normalized spacial score (nSPS) is 16.8. The van der Waals surface area contributed by atoms with Crippen LogP contribution in [0, 0.1) is 12.8 Å². The molecule has 1 aromatic rings. The summed E-state index contributed by atoms with van der Waals surface area (Å²) < 4.78 is 0. The lowest BCUT2D eigenvalue weighted by molar-refractivity contribution is 0.151. The summed E-state index contributed by atoms with van der Waals surface area (Å²) >= 11 is 6.20. The Labute approximate surface area is 151 Å². The molecule has 1 fully saturated rings. The summed E-state index contributed by atoms with van der Waals surface area (Å²) in [6.45, 7) is 10.4. The van der Waals surface area contributed by atoms with Crippen LogP contribution in [0.2, 0.25) is 5.02 Å². The number of aryl methyl sites for hydroxylation is 1. The van der Waals surface area contributed by atoms with Crippen molar-refractivity contribution in [3.63, 3.8) is 0 Å². The van der Waals surface area contributed by atoms with E-state index in [4.69, 9.17) is 11.6 Å². The summed E-state index contributed by atoms with van der Waals surface area (Å²) in [6, 6.07) is 4.00. The number of aromatic hydroxyl groups is 1. The van der Waals surface area contributed by atoms with Gasteiger partial charge in [-0.3, -0.25) is 4.90 Å². The van der Waals surface area contributed by atoms with Crippen LogP contribution in [-0.2, 0) is 0 Å². The minimum absolute atomic E-state index is 0. The van der Waals surface area contributed by atoms with E-state index in [-0.39, 0.29) is 30.9 Å². The van der Waals surface area contributed by atoms with Gasteiger partial charge in [-0.05, 0) is 37.0 Å². The summed E-state index contributed by atoms with van der Waals surface area (Å²) in [7, 11) is 0. The number of halogens is 3. The van der Waals surface area contributed by atoms with E-state index in [2.05, 4.69) is 24.1 Å². The van der Waals surface area contributed by atoms with Gasteiger partial charge in [0.2, 0.25) is 0 Å². The Hall–Kier alpha value is -0.190. The Kier molecular flexibility index (Phi) is 9.75. The molecule has 22 heavy (non-hydrogen) atoms. The molecule has 1 aromatic carbocycles. The van der Waals surface area contributed by atoms with E-state index in [1.165, 1.54) is 0 Å². The summed E-state index contributed by atoms with van der Waals surface area (Å²) in [5.41, 5.74) is 1.84. The molecule has 0 radical (unpaired) electrons.